The smallest absolute Gasteiger partial charge is 0.154 e. The number of ether oxygens (including phenoxy) is 2. The summed E-state index contributed by atoms with van der Waals surface area (Å²) < 4.78 is 11.3. The average Bonchev–Trinajstić information content (AvgIpc) is 2.27. The molecule has 0 bridgehead atoms. The van der Waals surface area contributed by atoms with Crippen molar-refractivity contribution in [3.05, 3.63) is 0 Å². The molecule has 0 radical (unpaired) electrons. The molecule has 0 saturated carbocycles. The fourth-order valence-electron chi connectivity index (χ4n) is 2.20. The average molecular weight is 214 g/mol. The summed E-state index contributed by atoms with van der Waals surface area (Å²) in [6, 6.07) is 0. The van der Waals surface area contributed by atoms with E-state index in [2.05, 4.69) is 13.8 Å². The Bertz CT molecular complexity index is 142. The van der Waals surface area contributed by atoms with E-state index in [0.29, 0.717) is 5.41 Å². The van der Waals surface area contributed by atoms with Gasteiger partial charge in [-0.15, -0.1) is 0 Å². The molecule has 0 aromatic heterocycles. The first-order valence-corrected chi connectivity index (χ1v) is 6.45. The Balaban J connectivity index is 2.44. The van der Waals surface area contributed by atoms with Crippen molar-refractivity contribution in [2.45, 2.75) is 65.6 Å². The number of rotatable bonds is 6. The predicted octanol–water partition coefficient (Wildman–Crippen LogP) is 3.75. The summed E-state index contributed by atoms with van der Waals surface area (Å²) in [4.78, 5) is 0. The Kier molecular flexibility index (Phi) is 5.62. The SMILES string of the molecule is CCCCC1(CCCC)COC(C)OC1. The molecule has 1 aliphatic heterocycles. The molecule has 0 atom stereocenters. The van der Waals surface area contributed by atoms with Crippen LogP contribution in [0.1, 0.15) is 59.3 Å². The van der Waals surface area contributed by atoms with Gasteiger partial charge < -0.3 is 9.47 Å². The number of hydrogen-bond acceptors (Lipinski definition) is 2. The Hall–Kier alpha value is -0.0800. The molecule has 0 N–H and O–H groups in total. The van der Waals surface area contributed by atoms with E-state index >= 15 is 0 Å². The van der Waals surface area contributed by atoms with Crippen LogP contribution in [0.4, 0.5) is 0 Å². The lowest BCUT2D eigenvalue weighted by atomic mass is 9.79. The van der Waals surface area contributed by atoms with Crippen LogP contribution in [0.15, 0.2) is 0 Å². The van der Waals surface area contributed by atoms with Crippen molar-refractivity contribution >= 4 is 0 Å². The van der Waals surface area contributed by atoms with Crippen LogP contribution in [0.2, 0.25) is 0 Å². The molecule has 1 heterocycles. The Morgan fingerprint density at radius 3 is 1.87 bits per heavy atom. The molecule has 0 spiro atoms. The highest BCUT2D eigenvalue weighted by Crippen LogP contribution is 2.35. The van der Waals surface area contributed by atoms with Gasteiger partial charge in [-0.2, -0.15) is 0 Å². The fraction of sp³-hybridized carbons (Fsp3) is 1.00. The van der Waals surface area contributed by atoms with Crippen molar-refractivity contribution in [3.8, 4) is 0 Å². The molecule has 0 aliphatic carbocycles. The van der Waals surface area contributed by atoms with Crippen molar-refractivity contribution in [2.75, 3.05) is 13.2 Å². The second-order valence-corrected chi connectivity index (χ2v) is 4.90. The molecule has 2 nitrogen and oxygen atoms in total. The second-order valence-electron chi connectivity index (χ2n) is 4.90. The summed E-state index contributed by atoms with van der Waals surface area (Å²) in [6.45, 7) is 8.28. The predicted molar refractivity (Wildman–Crippen MR) is 62.8 cm³/mol. The maximum atomic E-state index is 5.67. The normalized spacial score (nSPS) is 21.8. The van der Waals surface area contributed by atoms with Crippen LogP contribution in [0, 0.1) is 5.41 Å². The molecule has 90 valence electrons. The van der Waals surface area contributed by atoms with Crippen LogP contribution in [-0.4, -0.2) is 19.5 Å². The molecule has 1 fully saturated rings. The lowest BCUT2D eigenvalue weighted by Crippen LogP contribution is -2.40. The largest absolute Gasteiger partial charge is 0.352 e. The third-order valence-electron chi connectivity index (χ3n) is 3.37. The van der Waals surface area contributed by atoms with Crippen LogP contribution < -0.4 is 0 Å². The minimum atomic E-state index is 0.00128. The molecular formula is C13H26O2. The van der Waals surface area contributed by atoms with Crippen LogP contribution >= 0.6 is 0 Å². The van der Waals surface area contributed by atoms with Crippen LogP contribution in [0.3, 0.4) is 0 Å². The minimum absolute atomic E-state index is 0.00128. The lowest BCUT2D eigenvalue weighted by Gasteiger charge is -2.39. The Morgan fingerprint density at radius 1 is 1.00 bits per heavy atom. The molecule has 1 rings (SSSR count). The van der Waals surface area contributed by atoms with Crippen molar-refractivity contribution in [3.63, 3.8) is 0 Å². The van der Waals surface area contributed by atoms with Gasteiger partial charge in [-0.1, -0.05) is 39.5 Å². The molecule has 1 saturated heterocycles. The van der Waals surface area contributed by atoms with Gasteiger partial charge >= 0.3 is 0 Å². The Morgan fingerprint density at radius 2 is 1.47 bits per heavy atom. The van der Waals surface area contributed by atoms with Crippen LogP contribution in [0.5, 0.6) is 0 Å². The summed E-state index contributed by atoms with van der Waals surface area (Å²) >= 11 is 0. The van der Waals surface area contributed by atoms with Gasteiger partial charge in [-0.3, -0.25) is 0 Å². The van der Waals surface area contributed by atoms with Gasteiger partial charge in [0.15, 0.2) is 6.29 Å². The molecule has 2 heteroatoms. The third-order valence-corrected chi connectivity index (χ3v) is 3.37. The van der Waals surface area contributed by atoms with Crippen LogP contribution in [-0.2, 0) is 9.47 Å². The first kappa shape index (κ1) is 13.0. The topological polar surface area (TPSA) is 18.5 Å². The molecule has 0 aromatic rings. The van der Waals surface area contributed by atoms with E-state index in [1.54, 1.807) is 0 Å². The van der Waals surface area contributed by atoms with Gasteiger partial charge in [0.05, 0.1) is 13.2 Å². The first-order chi connectivity index (χ1) is 7.22. The summed E-state index contributed by atoms with van der Waals surface area (Å²) in [6.07, 6.45) is 7.65. The highest BCUT2D eigenvalue weighted by molar-refractivity contribution is 4.81. The van der Waals surface area contributed by atoms with E-state index in [1.807, 2.05) is 6.92 Å². The van der Waals surface area contributed by atoms with Gasteiger partial charge in [0.1, 0.15) is 0 Å². The fourth-order valence-corrected chi connectivity index (χ4v) is 2.20. The van der Waals surface area contributed by atoms with Gasteiger partial charge in [0.2, 0.25) is 0 Å². The molecule has 0 unspecified atom stereocenters. The molecule has 1 aliphatic rings. The standard InChI is InChI=1S/C13H26O2/c1-4-6-8-13(9-7-5-2)10-14-12(3)15-11-13/h12H,4-11H2,1-3H3. The van der Waals surface area contributed by atoms with Crippen molar-refractivity contribution in [2.24, 2.45) is 5.41 Å². The second kappa shape index (κ2) is 6.49. The maximum Gasteiger partial charge on any atom is 0.154 e. The lowest BCUT2D eigenvalue weighted by molar-refractivity contribution is -0.224. The van der Waals surface area contributed by atoms with Gasteiger partial charge in [0.25, 0.3) is 0 Å². The van der Waals surface area contributed by atoms with Gasteiger partial charge in [-0.25, -0.2) is 0 Å². The monoisotopic (exact) mass is 214 g/mol. The van der Waals surface area contributed by atoms with E-state index in [1.165, 1.54) is 38.5 Å². The summed E-state index contributed by atoms with van der Waals surface area (Å²) in [5, 5.41) is 0. The highest BCUT2D eigenvalue weighted by Gasteiger charge is 2.34. The maximum absolute atomic E-state index is 5.67. The summed E-state index contributed by atoms with van der Waals surface area (Å²) in [7, 11) is 0. The minimum Gasteiger partial charge on any atom is -0.352 e. The quantitative estimate of drug-likeness (QED) is 0.670. The van der Waals surface area contributed by atoms with E-state index in [9.17, 15) is 0 Å². The molecule has 0 amide bonds. The zero-order chi connectivity index (χ0) is 11.1. The van der Waals surface area contributed by atoms with E-state index in [4.69, 9.17) is 9.47 Å². The number of unbranched alkanes of at least 4 members (excludes halogenated alkanes) is 2. The highest BCUT2D eigenvalue weighted by atomic mass is 16.7. The molecule has 15 heavy (non-hydrogen) atoms. The number of hydrogen-bond donors (Lipinski definition) is 0. The third kappa shape index (κ3) is 4.12. The summed E-state index contributed by atoms with van der Waals surface area (Å²) in [5.74, 6) is 0. The Labute approximate surface area is 94.3 Å². The van der Waals surface area contributed by atoms with Gasteiger partial charge in [-0.05, 0) is 19.8 Å². The zero-order valence-corrected chi connectivity index (χ0v) is 10.6. The first-order valence-electron chi connectivity index (χ1n) is 6.45. The van der Waals surface area contributed by atoms with E-state index in [-0.39, 0.29) is 6.29 Å². The summed E-state index contributed by atoms with van der Waals surface area (Å²) in [5.41, 5.74) is 0.318. The van der Waals surface area contributed by atoms with Crippen molar-refractivity contribution in [1.82, 2.24) is 0 Å². The van der Waals surface area contributed by atoms with Crippen molar-refractivity contribution < 1.29 is 9.47 Å². The van der Waals surface area contributed by atoms with E-state index < -0.39 is 0 Å². The van der Waals surface area contributed by atoms with Gasteiger partial charge in [0, 0.05) is 5.41 Å². The van der Waals surface area contributed by atoms with Crippen LogP contribution in [0.25, 0.3) is 0 Å². The zero-order valence-electron chi connectivity index (χ0n) is 10.6. The molecular weight excluding hydrogens is 188 g/mol. The van der Waals surface area contributed by atoms with E-state index in [0.717, 1.165) is 13.2 Å². The molecule has 0 aromatic carbocycles. The van der Waals surface area contributed by atoms with Crippen molar-refractivity contribution in [1.29, 1.82) is 0 Å².